The average molecular weight is 441 g/mol. The number of benzene rings is 2. The van der Waals surface area contributed by atoms with Crippen molar-refractivity contribution < 1.29 is 22.7 Å². The fourth-order valence-corrected chi connectivity index (χ4v) is 3.85. The van der Waals surface area contributed by atoms with Crippen LogP contribution in [0.25, 0.3) is 0 Å². The Balaban J connectivity index is 2.20. The molecule has 0 aliphatic heterocycles. The fourth-order valence-electron chi connectivity index (χ4n) is 2.87. The summed E-state index contributed by atoms with van der Waals surface area (Å²) in [6.45, 7) is 1.58. The molecular weight excluding hydrogens is 416 g/mol. The molecule has 9 heteroatoms. The molecule has 2 aromatic rings. The quantitative estimate of drug-likeness (QED) is 0.646. The van der Waals surface area contributed by atoms with Crippen LogP contribution in [-0.4, -0.2) is 41.3 Å². The summed E-state index contributed by atoms with van der Waals surface area (Å²) in [5.41, 5.74) is 1.20. The largest absolute Gasteiger partial charge is 0.493 e. The minimum absolute atomic E-state index is 0.311. The van der Waals surface area contributed by atoms with Gasteiger partial charge in [0, 0.05) is 5.02 Å². The number of hydrogen-bond donors (Lipinski definition) is 1. The Kier molecular flexibility index (Phi) is 7.75. The molecule has 0 spiro atoms. The number of halogens is 1. The van der Waals surface area contributed by atoms with Crippen LogP contribution < -0.4 is 19.1 Å². The van der Waals surface area contributed by atoms with Gasteiger partial charge in [0.05, 0.1) is 32.2 Å². The Bertz CT molecular complexity index is 948. The molecule has 1 amide bonds. The maximum atomic E-state index is 12.7. The highest BCUT2D eigenvalue weighted by Gasteiger charge is 2.23. The van der Waals surface area contributed by atoms with Crippen molar-refractivity contribution >= 4 is 33.2 Å². The lowest BCUT2D eigenvalue weighted by Crippen LogP contribution is -2.41. The second-order valence-corrected chi connectivity index (χ2v) is 8.73. The minimum Gasteiger partial charge on any atom is -0.493 e. The number of carbonyl (C=O) groups excluding carboxylic acids is 1. The van der Waals surface area contributed by atoms with Gasteiger partial charge in [-0.3, -0.25) is 9.10 Å². The summed E-state index contributed by atoms with van der Waals surface area (Å²) in [5, 5.41) is 3.37. The van der Waals surface area contributed by atoms with Gasteiger partial charge in [0.1, 0.15) is 6.54 Å². The molecule has 0 unspecified atom stereocenters. The molecule has 1 N–H and O–H groups in total. The highest BCUT2D eigenvalue weighted by Crippen LogP contribution is 2.31. The third kappa shape index (κ3) is 6.01. The van der Waals surface area contributed by atoms with E-state index < -0.39 is 15.9 Å². The second-order valence-electron chi connectivity index (χ2n) is 6.39. The summed E-state index contributed by atoms with van der Waals surface area (Å²) in [6, 6.07) is 11.3. The molecule has 0 aromatic heterocycles. The molecule has 29 heavy (non-hydrogen) atoms. The third-order valence-corrected chi connectivity index (χ3v) is 5.75. The topological polar surface area (TPSA) is 84.9 Å². The number of ether oxygens (including phenoxy) is 2. The maximum absolute atomic E-state index is 12.7. The van der Waals surface area contributed by atoms with Gasteiger partial charge in [0.25, 0.3) is 0 Å². The fraction of sp³-hybridized carbons (Fsp3) is 0.350. The lowest BCUT2D eigenvalue weighted by Gasteiger charge is -2.24. The lowest BCUT2D eigenvalue weighted by atomic mass is 10.0. The summed E-state index contributed by atoms with van der Waals surface area (Å²) in [5.74, 6) is 0.715. The van der Waals surface area contributed by atoms with Crippen molar-refractivity contribution in [1.82, 2.24) is 5.32 Å². The number of rotatable bonds is 9. The number of nitrogens with one attached hydrogen (secondary N) is 1. The van der Waals surface area contributed by atoms with Crippen LogP contribution >= 0.6 is 11.6 Å². The molecule has 1 atom stereocenters. The maximum Gasteiger partial charge on any atom is 0.241 e. The third-order valence-electron chi connectivity index (χ3n) is 4.36. The van der Waals surface area contributed by atoms with Gasteiger partial charge < -0.3 is 14.8 Å². The molecule has 0 aliphatic carbocycles. The SMILES string of the molecule is CC[C@H](NC(=O)CN(c1ccc(Cl)cc1)S(C)(=O)=O)c1ccc(OC)c(OC)c1. The molecule has 2 aromatic carbocycles. The normalized spacial score (nSPS) is 12.2. The summed E-state index contributed by atoms with van der Waals surface area (Å²) in [4.78, 5) is 12.7. The summed E-state index contributed by atoms with van der Waals surface area (Å²) in [7, 11) is -0.572. The molecule has 0 saturated carbocycles. The van der Waals surface area contributed by atoms with Crippen LogP contribution in [0.4, 0.5) is 5.69 Å². The molecule has 0 bridgehead atoms. The van der Waals surface area contributed by atoms with E-state index in [-0.39, 0.29) is 12.6 Å². The van der Waals surface area contributed by atoms with E-state index in [0.717, 1.165) is 16.1 Å². The number of anilines is 1. The van der Waals surface area contributed by atoms with Crippen molar-refractivity contribution in [2.24, 2.45) is 0 Å². The molecule has 0 saturated heterocycles. The van der Waals surface area contributed by atoms with Crippen molar-refractivity contribution in [2.45, 2.75) is 19.4 Å². The first-order valence-corrected chi connectivity index (χ1v) is 11.2. The zero-order valence-electron chi connectivity index (χ0n) is 16.8. The summed E-state index contributed by atoms with van der Waals surface area (Å²) < 4.78 is 36.0. The first-order chi connectivity index (χ1) is 13.7. The second kappa shape index (κ2) is 9.84. The standard InChI is InChI=1S/C20H25ClN2O5S/c1-5-17(14-6-11-18(27-2)19(12-14)28-3)22-20(24)13-23(29(4,25)26)16-9-7-15(21)8-10-16/h6-12,17H,5,13H2,1-4H3,(H,22,24)/t17-/m0/s1. The van der Waals surface area contributed by atoms with Gasteiger partial charge in [-0.25, -0.2) is 8.42 Å². The Morgan fingerprint density at radius 2 is 1.72 bits per heavy atom. The van der Waals surface area contributed by atoms with Gasteiger partial charge >= 0.3 is 0 Å². The molecule has 158 valence electrons. The number of nitrogens with zero attached hydrogens (tertiary/aromatic N) is 1. The highest BCUT2D eigenvalue weighted by molar-refractivity contribution is 7.92. The van der Waals surface area contributed by atoms with E-state index in [2.05, 4.69) is 5.32 Å². The number of sulfonamides is 1. The minimum atomic E-state index is -3.66. The molecule has 0 heterocycles. The molecular formula is C20H25ClN2O5S. The predicted octanol–water partition coefficient (Wildman–Crippen LogP) is 3.39. The van der Waals surface area contributed by atoms with Crippen molar-refractivity contribution in [3.63, 3.8) is 0 Å². The predicted molar refractivity (Wildman–Crippen MR) is 114 cm³/mol. The first-order valence-electron chi connectivity index (χ1n) is 8.94. The monoisotopic (exact) mass is 440 g/mol. The van der Waals surface area contributed by atoms with Crippen LogP contribution in [0.15, 0.2) is 42.5 Å². The Labute approximate surface area is 176 Å². The number of carbonyl (C=O) groups is 1. The van der Waals surface area contributed by atoms with E-state index in [1.54, 1.807) is 43.5 Å². The van der Waals surface area contributed by atoms with E-state index in [1.807, 2.05) is 13.0 Å². The van der Waals surface area contributed by atoms with E-state index in [9.17, 15) is 13.2 Å². The van der Waals surface area contributed by atoms with Gasteiger partial charge in [0.2, 0.25) is 15.9 Å². The molecule has 2 rings (SSSR count). The molecule has 0 radical (unpaired) electrons. The van der Waals surface area contributed by atoms with Crippen molar-refractivity contribution in [3.8, 4) is 11.5 Å². The van der Waals surface area contributed by atoms with Crippen molar-refractivity contribution in [3.05, 3.63) is 53.1 Å². The molecule has 0 aliphatic rings. The van der Waals surface area contributed by atoms with E-state index in [0.29, 0.717) is 28.6 Å². The number of amides is 1. The van der Waals surface area contributed by atoms with Crippen LogP contribution in [0, 0.1) is 0 Å². The smallest absolute Gasteiger partial charge is 0.241 e. The van der Waals surface area contributed by atoms with Crippen LogP contribution in [0.1, 0.15) is 24.9 Å². The van der Waals surface area contributed by atoms with Crippen molar-refractivity contribution in [1.29, 1.82) is 0 Å². The van der Waals surface area contributed by atoms with E-state index in [1.165, 1.54) is 7.11 Å². The van der Waals surface area contributed by atoms with Crippen LogP contribution in [0.5, 0.6) is 11.5 Å². The van der Waals surface area contributed by atoms with Gasteiger partial charge in [-0.1, -0.05) is 24.6 Å². The summed E-state index contributed by atoms with van der Waals surface area (Å²) in [6.07, 6.45) is 1.67. The van der Waals surface area contributed by atoms with Gasteiger partial charge in [-0.15, -0.1) is 0 Å². The lowest BCUT2D eigenvalue weighted by molar-refractivity contribution is -0.120. The van der Waals surface area contributed by atoms with Gasteiger partial charge in [-0.2, -0.15) is 0 Å². The van der Waals surface area contributed by atoms with Crippen molar-refractivity contribution in [2.75, 3.05) is 31.3 Å². The number of methoxy groups -OCH3 is 2. The highest BCUT2D eigenvalue weighted by atomic mass is 35.5. The first kappa shape index (κ1) is 22.8. The Morgan fingerprint density at radius 3 is 2.24 bits per heavy atom. The average Bonchev–Trinajstić information content (AvgIpc) is 2.69. The van der Waals surface area contributed by atoms with E-state index >= 15 is 0 Å². The van der Waals surface area contributed by atoms with Crippen LogP contribution in [0.3, 0.4) is 0 Å². The van der Waals surface area contributed by atoms with Crippen LogP contribution in [-0.2, 0) is 14.8 Å². The Morgan fingerprint density at radius 1 is 1.10 bits per heavy atom. The van der Waals surface area contributed by atoms with Crippen LogP contribution in [0.2, 0.25) is 5.02 Å². The summed E-state index contributed by atoms with van der Waals surface area (Å²) >= 11 is 5.87. The Hall–Kier alpha value is -2.45. The molecule has 7 nitrogen and oxygen atoms in total. The van der Waals surface area contributed by atoms with Gasteiger partial charge in [-0.05, 0) is 48.4 Å². The zero-order chi connectivity index (χ0) is 21.6. The molecule has 0 fully saturated rings. The van der Waals surface area contributed by atoms with Gasteiger partial charge in [0.15, 0.2) is 11.5 Å². The van der Waals surface area contributed by atoms with E-state index in [4.69, 9.17) is 21.1 Å². The zero-order valence-corrected chi connectivity index (χ0v) is 18.4. The number of hydrogen-bond acceptors (Lipinski definition) is 5.